The van der Waals surface area contributed by atoms with Gasteiger partial charge in [0.1, 0.15) is 11.5 Å². The first-order valence-corrected chi connectivity index (χ1v) is 9.66. The van der Waals surface area contributed by atoms with Crippen molar-refractivity contribution in [3.8, 4) is 11.5 Å². The highest BCUT2D eigenvalue weighted by molar-refractivity contribution is 6.30. The molecular weight excluding hydrogens is 398 g/mol. The Kier molecular flexibility index (Phi) is 6.23. The van der Waals surface area contributed by atoms with Gasteiger partial charge in [0.05, 0.1) is 24.3 Å². The third kappa shape index (κ3) is 4.43. The van der Waals surface area contributed by atoms with E-state index in [0.717, 1.165) is 0 Å². The van der Waals surface area contributed by atoms with Crippen LogP contribution < -0.4 is 10.6 Å². The number of anilines is 2. The first kappa shape index (κ1) is 20.9. The van der Waals surface area contributed by atoms with Crippen molar-refractivity contribution in [2.45, 2.75) is 45.8 Å². The largest absolute Gasteiger partial charge is 0.507 e. The second-order valence-electron chi connectivity index (χ2n) is 6.90. The molecule has 11 heteroatoms. The van der Waals surface area contributed by atoms with Gasteiger partial charge in [-0.3, -0.25) is 0 Å². The highest BCUT2D eigenvalue weighted by Crippen LogP contribution is 2.32. The number of phenolic OH excluding ortho intramolecular Hbond substituents is 2. The molecule has 1 atom stereocenters. The van der Waals surface area contributed by atoms with E-state index in [-0.39, 0.29) is 47.3 Å². The van der Waals surface area contributed by atoms with Gasteiger partial charge in [-0.1, -0.05) is 23.7 Å². The minimum atomic E-state index is -0.201. The summed E-state index contributed by atoms with van der Waals surface area (Å²) >= 11 is 5.84. The number of aromatic hydroxyl groups is 2. The summed E-state index contributed by atoms with van der Waals surface area (Å²) in [4.78, 5) is 8.95. The van der Waals surface area contributed by atoms with Gasteiger partial charge in [0.15, 0.2) is 17.0 Å². The molecule has 0 aliphatic carbocycles. The van der Waals surface area contributed by atoms with E-state index in [1.165, 1.54) is 12.1 Å². The van der Waals surface area contributed by atoms with Crippen LogP contribution in [0.25, 0.3) is 11.2 Å². The van der Waals surface area contributed by atoms with Crippen LogP contribution in [0.2, 0.25) is 5.02 Å². The Hall–Kier alpha value is -2.85. The maximum Gasteiger partial charge on any atom is 0.227 e. The second kappa shape index (κ2) is 8.66. The molecular formula is C18H24ClN7O3. The van der Waals surface area contributed by atoms with Crippen molar-refractivity contribution in [1.82, 2.24) is 25.0 Å². The number of halogens is 1. The van der Waals surface area contributed by atoms with E-state index in [2.05, 4.69) is 30.9 Å². The third-order valence-electron chi connectivity index (χ3n) is 4.46. The molecule has 0 spiro atoms. The van der Waals surface area contributed by atoms with E-state index < -0.39 is 0 Å². The van der Waals surface area contributed by atoms with Gasteiger partial charge in [-0.25, -0.2) is 4.68 Å². The SMILES string of the molecule is CCC(CO)Nc1nc(NCc2c(O)cc(Cl)cc2O)c2nnn(C(C)C)c2n1. The lowest BCUT2D eigenvalue weighted by Gasteiger charge is -2.16. The van der Waals surface area contributed by atoms with E-state index in [1.54, 1.807) is 4.68 Å². The molecule has 0 aliphatic rings. The lowest BCUT2D eigenvalue weighted by Crippen LogP contribution is -2.24. The zero-order chi connectivity index (χ0) is 21.1. The number of aliphatic hydroxyl groups is 1. The lowest BCUT2D eigenvalue weighted by molar-refractivity contribution is 0.271. The Morgan fingerprint density at radius 1 is 1.17 bits per heavy atom. The number of hydrogen-bond acceptors (Lipinski definition) is 9. The molecule has 10 nitrogen and oxygen atoms in total. The molecule has 0 saturated heterocycles. The zero-order valence-corrected chi connectivity index (χ0v) is 17.1. The van der Waals surface area contributed by atoms with Gasteiger partial charge in [0.25, 0.3) is 0 Å². The van der Waals surface area contributed by atoms with E-state index >= 15 is 0 Å². The summed E-state index contributed by atoms with van der Waals surface area (Å²) in [5.41, 5.74) is 1.25. The van der Waals surface area contributed by atoms with E-state index in [4.69, 9.17) is 11.6 Å². The average Bonchev–Trinajstić information content (AvgIpc) is 3.09. The van der Waals surface area contributed by atoms with Gasteiger partial charge in [-0.15, -0.1) is 5.10 Å². The molecule has 0 radical (unpaired) electrons. The fourth-order valence-corrected chi connectivity index (χ4v) is 2.99. The van der Waals surface area contributed by atoms with Crippen molar-refractivity contribution in [3.05, 3.63) is 22.7 Å². The molecule has 0 saturated carbocycles. The van der Waals surface area contributed by atoms with Crippen molar-refractivity contribution in [2.24, 2.45) is 0 Å². The highest BCUT2D eigenvalue weighted by Gasteiger charge is 2.18. The molecule has 156 valence electrons. The van der Waals surface area contributed by atoms with Crippen LogP contribution in [0.4, 0.5) is 11.8 Å². The Labute approximate surface area is 172 Å². The molecule has 0 bridgehead atoms. The number of phenols is 2. The summed E-state index contributed by atoms with van der Waals surface area (Å²) in [5, 5.41) is 44.4. The van der Waals surface area contributed by atoms with Crippen molar-refractivity contribution in [1.29, 1.82) is 0 Å². The van der Waals surface area contributed by atoms with Crippen LogP contribution >= 0.6 is 11.6 Å². The predicted molar refractivity (Wildman–Crippen MR) is 110 cm³/mol. The minimum absolute atomic E-state index is 0.0276. The number of fused-ring (bicyclic) bond motifs is 1. The normalized spacial score (nSPS) is 12.5. The maximum atomic E-state index is 10.1. The van der Waals surface area contributed by atoms with Gasteiger partial charge in [-0.2, -0.15) is 9.97 Å². The molecule has 1 unspecified atom stereocenters. The molecule has 2 heterocycles. The summed E-state index contributed by atoms with van der Waals surface area (Å²) < 4.78 is 1.67. The second-order valence-corrected chi connectivity index (χ2v) is 7.34. The Morgan fingerprint density at radius 2 is 1.86 bits per heavy atom. The van der Waals surface area contributed by atoms with Crippen molar-refractivity contribution in [2.75, 3.05) is 17.2 Å². The van der Waals surface area contributed by atoms with Crippen molar-refractivity contribution < 1.29 is 15.3 Å². The van der Waals surface area contributed by atoms with Crippen LogP contribution in [0.15, 0.2) is 12.1 Å². The summed E-state index contributed by atoms with van der Waals surface area (Å²) in [6.45, 7) is 5.88. The standard InChI is InChI=1S/C18H24ClN7O3/c1-4-11(8-27)21-18-22-16(15-17(23-18)26(9(2)3)25-24-15)20-7-12-13(28)5-10(19)6-14(12)29/h5-6,9,11,27-29H,4,7-8H2,1-3H3,(H2,20,21,22,23). The molecule has 29 heavy (non-hydrogen) atoms. The summed E-state index contributed by atoms with van der Waals surface area (Å²) in [6, 6.07) is 2.53. The number of nitrogens with one attached hydrogen (secondary N) is 2. The number of rotatable bonds is 8. The molecule has 3 rings (SSSR count). The van der Waals surface area contributed by atoms with Crippen LogP contribution in [0.3, 0.4) is 0 Å². The fraction of sp³-hybridized carbons (Fsp3) is 0.444. The highest BCUT2D eigenvalue weighted by atomic mass is 35.5. The molecule has 5 N–H and O–H groups in total. The van der Waals surface area contributed by atoms with Crippen LogP contribution in [-0.2, 0) is 6.54 Å². The van der Waals surface area contributed by atoms with Crippen LogP contribution in [0, 0.1) is 0 Å². The number of aromatic nitrogens is 5. The summed E-state index contributed by atoms with van der Waals surface area (Å²) in [5.74, 6) is 0.423. The first-order chi connectivity index (χ1) is 13.8. The van der Waals surface area contributed by atoms with Crippen LogP contribution in [0.5, 0.6) is 11.5 Å². The van der Waals surface area contributed by atoms with Crippen LogP contribution in [0.1, 0.15) is 38.8 Å². The van der Waals surface area contributed by atoms with E-state index in [0.29, 0.717) is 29.4 Å². The smallest absolute Gasteiger partial charge is 0.227 e. The van der Waals surface area contributed by atoms with Crippen LogP contribution in [-0.4, -0.2) is 52.9 Å². The molecule has 2 aromatic heterocycles. The Morgan fingerprint density at radius 3 is 2.45 bits per heavy atom. The molecule has 0 fully saturated rings. The predicted octanol–water partition coefficient (Wildman–Crippen LogP) is 2.66. The zero-order valence-electron chi connectivity index (χ0n) is 16.4. The summed E-state index contributed by atoms with van der Waals surface area (Å²) in [6.07, 6.45) is 0.689. The van der Waals surface area contributed by atoms with Gasteiger partial charge in [0, 0.05) is 11.6 Å². The molecule has 0 amide bonds. The minimum Gasteiger partial charge on any atom is -0.507 e. The number of aliphatic hydroxyl groups excluding tert-OH is 1. The maximum absolute atomic E-state index is 10.1. The van der Waals surface area contributed by atoms with E-state index in [9.17, 15) is 15.3 Å². The quantitative estimate of drug-likeness (QED) is 0.371. The number of benzene rings is 1. The Balaban J connectivity index is 1.99. The van der Waals surface area contributed by atoms with Gasteiger partial charge in [0.2, 0.25) is 5.95 Å². The van der Waals surface area contributed by atoms with Crippen molar-refractivity contribution >= 4 is 34.5 Å². The first-order valence-electron chi connectivity index (χ1n) is 9.28. The van der Waals surface area contributed by atoms with Gasteiger partial charge >= 0.3 is 0 Å². The lowest BCUT2D eigenvalue weighted by atomic mass is 10.1. The molecule has 3 aromatic rings. The average molecular weight is 422 g/mol. The van der Waals surface area contributed by atoms with E-state index in [1.807, 2.05) is 20.8 Å². The van der Waals surface area contributed by atoms with Gasteiger partial charge in [-0.05, 0) is 32.4 Å². The summed E-state index contributed by atoms with van der Waals surface area (Å²) in [7, 11) is 0. The van der Waals surface area contributed by atoms with Crippen molar-refractivity contribution in [3.63, 3.8) is 0 Å². The third-order valence-corrected chi connectivity index (χ3v) is 4.68. The molecule has 0 aliphatic heterocycles. The fourth-order valence-electron chi connectivity index (χ4n) is 2.79. The topological polar surface area (TPSA) is 141 Å². The monoisotopic (exact) mass is 421 g/mol. The number of hydrogen-bond donors (Lipinski definition) is 5. The molecule has 1 aromatic carbocycles. The van der Waals surface area contributed by atoms with Gasteiger partial charge < -0.3 is 26.0 Å². The Bertz CT molecular complexity index is 982. The number of nitrogens with zero attached hydrogens (tertiary/aromatic N) is 5.